The average Bonchev–Trinajstić information content (AvgIpc) is 2.66. The number of hydrogen-bond donors (Lipinski definition) is 1. The Kier molecular flexibility index (Phi) is 4.31. The number of aromatic nitrogens is 1. The third-order valence-corrected chi connectivity index (χ3v) is 4.31. The molecule has 1 aromatic heterocycles. The van der Waals surface area contributed by atoms with Crippen LogP contribution in [0.5, 0.6) is 0 Å². The molecule has 0 radical (unpaired) electrons. The minimum Gasteiger partial charge on any atom is -0.419 e. The van der Waals surface area contributed by atoms with E-state index in [0.29, 0.717) is 0 Å². The predicted octanol–water partition coefficient (Wildman–Crippen LogP) is 4.03. The quantitative estimate of drug-likeness (QED) is 0.424. The van der Waals surface area contributed by atoms with Gasteiger partial charge in [0.1, 0.15) is 0 Å². The van der Waals surface area contributed by atoms with Gasteiger partial charge in [0.15, 0.2) is 5.57 Å². The van der Waals surface area contributed by atoms with E-state index in [1.54, 1.807) is 0 Å². The molecule has 28 heavy (non-hydrogen) atoms. The fourth-order valence-corrected chi connectivity index (χ4v) is 2.92. The maximum atomic E-state index is 11.9. The third kappa shape index (κ3) is 3.57. The number of esters is 2. The van der Waals surface area contributed by atoms with Crippen LogP contribution in [0.1, 0.15) is 13.8 Å². The van der Waals surface area contributed by atoms with Gasteiger partial charge in [-0.05, 0) is 29.8 Å². The summed E-state index contributed by atoms with van der Waals surface area (Å²) in [6.07, 6.45) is 3.13. The Morgan fingerprint density at radius 2 is 1.61 bits per heavy atom. The number of ether oxygens (including phenoxy) is 2. The van der Waals surface area contributed by atoms with E-state index in [0.717, 1.165) is 27.7 Å². The largest absolute Gasteiger partial charge is 0.419 e. The maximum absolute atomic E-state index is 11.9. The van der Waals surface area contributed by atoms with Crippen molar-refractivity contribution in [2.75, 3.05) is 5.32 Å². The molecular weight excluding hydrogens is 356 g/mol. The Balaban J connectivity index is 1.52. The number of rotatable bonds is 3. The van der Waals surface area contributed by atoms with Gasteiger partial charge in [0.05, 0.1) is 5.52 Å². The third-order valence-electron chi connectivity index (χ3n) is 4.31. The number of carbonyl (C=O) groups excluding carboxylic acids is 2. The molecule has 0 unspecified atom stereocenters. The summed E-state index contributed by atoms with van der Waals surface area (Å²) in [5.74, 6) is -2.68. The molecule has 1 N–H and O–H groups in total. The van der Waals surface area contributed by atoms with Gasteiger partial charge >= 0.3 is 11.9 Å². The smallest absolute Gasteiger partial charge is 0.350 e. The highest BCUT2D eigenvalue weighted by Crippen LogP contribution is 2.25. The van der Waals surface area contributed by atoms with Gasteiger partial charge in [0.25, 0.3) is 5.79 Å². The summed E-state index contributed by atoms with van der Waals surface area (Å²) in [5.41, 5.74) is 3.50. The number of anilines is 1. The first-order valence-corrected chi connectivity index (χ1v) is 8.80. The molecular formula is C22H18N2O4. The van der Waals surface area contributed by atoms with Crippen molar-refractivity contribution in [3.05, 3.63) is 72.6 Å². The van der Waals surface area contributed by atoms with Crippen LogP contribution in [0.15, 0.2) is 72.6 Å². The zero-order chi connectivity index (χ0) is 19.7. The predicted molar refractivity (Wildman–Crippen MR) is 105 cm³/mol. The van der Waals surface area contributed by atoms with Crippen LogP contribution < -0.4 is 5.32 Å². The maximum Gasteiger partial charge on any atom is 0.350 e. The molecule has 0 atom stereocenters. The Morgan fingerprint density at radius 1 is 0.929 bits per heavy atom. The zero-order valence-corrected chi connectivity index (χ0v) is 15.4. The number of nitrogens with zero attached hydrogens (tertiary/aromatic N) is 1. The fraction of sp³-hybridized carbons (Fsp3) is 0.136. The monoisotopic (exact) mass is 374 g/mol. The van der Waals surface area contributed by atoms with Crippen LogP contribution >= 0.6 is 0 Å². The molecule has 0 spiro atoms. The van der Waals surface area contributed by atoms with Gasteiger partial charge in [-0.15, -0.1) is 0 Å². The van der Waals surface area contributed by atoms with Crippen LogP contribution in [0, 0.1) is 0 Å². The van der Waals surface area contributed by atoms with E-state index >= 15 is 0 Å². The Hall–Kier alpha value is -3.67. The summed E-state index contributed by atoms with van der Waals surface area (Å²) < 4.78 is 10.1. The highest BCUT2D eigenvalue weighted by molar-refractivity contribution is 6.15. The molecule has 6 heteroatoms. The van der Waals surface area contributed by atoms with Crippen LogP contribution in [0.4, 0.5) is 5.69 Å². The minimum absolute atomic E-state index is 0.179. The van der Waals surface area contributed by atoms with Gasteiger partial charge < -0.3 is 14.8 Å². The minimum atomic E-state index is -1.25. The van der Waals surface area contributed by atoms with E-state index in [-0.39, 0.29) is 5.57 Å². The first-order chi connectivity index (χ1) is 13.4. The summed E-state index contributed by atoms with van der Waals surface area (Å²) >= 11 is 0. The molecule has 6 nitrogen and oxygen atoms in total. The number of nitrogens with one attached hydrogen (secondary N) is 1. The summed E-state index contributed by atoms with van der Waals surface area (Å²) in [7, 11) is 0. The molecule has 4 rings (SSSR count). The van der Waals surface area contributed by atoms with E-state index in [1.165, 1.54) is 20.0 Å². The second kappa shape index (κ2) is 6.81. The lowest BCUT2D eigenvalue weighted by molar-refractivity contribution is -0.222. The molecule has 1 aliphatic heterocycles. The SMILES string of the molecule is CC1(C)OC(=O)C(=CNc2ccc(-c3cnc4ccccc4c3)cc2)C(=O)O1. The summed E-state index contributed by atoms with van der Waals surface area (Å²) in [4.78, 5) is 28.4. The van der Waals surface area contributed by atoms with Gasteiger partial charge in [-0.3, -0.25) is 4.98 Å². The number of fused-ring (bicyclic) bond motifs is 1. The molecule has 2 aromatic carbocycles. The summed E-state index contributed by atoms with van der Waals surface area (Å²) in [6.45, 7) is 3.01. The normalized spacial score (nSPS) is 15.7. The van der Waals surface area contributed by atoms with E-state index in [4.69, 9.17) is 9.47 Å². The highest BCUT2D eigenvalue weighted by Gasteiger charge is 2.38. The molecule has 2 heterocycles. The van der Waals surface area contributed by atoms with Crippen LogP contribution in [0.2, 0.25) is 0 Å². The average molecular weight is 374 g/mol. The van der Waals surface area contributed by atoms with Crippen LogP contribution in [0.25, 0.3) is 22.0 Å². The lowest BCUT2D eigenvalue weighted by Gasteiger charge is -2.29. The number of hydrogen-bond acceptors (Lipinski definition) is 6. The van der Waals surface area contributed by atoms with E-state index in [2.05, 4.69) is 16.4 Å². The van der Waals surface area contributed by atoms with Gasteiger partial charge in [0, 0.05) is 42.9 Å². The molecule has 3 aromatic rings. The highest BCUT2D eigenvalue weighted by atomic mass is 16.7. The molecule has 1 saturated heterocycles. The van der Waals surface area contributed by atoms with Crippen molar-refractivity contribution in [2.45, 2.75) is 19.6 Å². The van der Waals surface area contributed by atoms with Gasteiger partial charge in [-0.1, -0.05) is 30.3 Å². The Morgan fingerprint density at radius 3 is 2.32 bits per heavy atom. The lowest BCUT2D eigenvalue weighted by atomic mass is 10.1. The standard InChI is InChI=1S/C22H18N2O4/c1-22(2)27-20(25)18(21(26)28-22)13-23-17-9-7-14(8-10-17)16-11-15-5-3-4-6-19(15)24-12-16/h3-13,23H,1-2H3. The van der Waals surface area contributed by atoms with Crippen molar-refractivity contribution in [3.63, 3.8) is 0 Å². The van der Waals surface area contributed by atoms with Gasteiger partial charge in [0.2, 0.25) is 0 Å². The van der Waals surface area contributed by atoms with Gasteiger partial charge in [-0.2, -0.15) is 0 Å². The number of para-hydroxylation sites is 1. The Bertz CT molecular complexity index is 1080. The van der Waals surface area contributed by atoms with Crippen molar-refractivity contribution < 1.29 is 19.1 Å². The first-order valence-electron chi connectivity index (χ1n) is 8.80. The second-order valence-corrected chi connectivity index (χ2v) is 6.88. The molecule has 0 bridgehead atoms. The van der Waals surface area contributed by atoms with Crippen LogP contribution in [-0.2, 0) is 19.1 Å². The molecule has 0 amide bonds. The Labute approximate surface area is 161 Å². The van der Waals surface area contributed by atoms with Crippen molar-refractivity contribution in [2.24, 2.45) is 0 Å². The summed E-state index contributed by atoms with van der Waals surface area (Å²) in [5, 5.41) is 4.00. The van der Waals surface area contributed by atoms with Crippen molar-refractivity contribution >= 4 is 28.5 Å². The fourth-order valence-electron chi connectivity index (χ4n) is 2.92. The van der Waals surface area contributed by atoms with Crippen LogP contribution in [0.3, 0.4) is 0 Å². The molecule has 0 saturated carbocycles. The van der Waals surface area contributed by atoms with E-state index in [9.17, 15) is 9.59 Å². The van der Waals surface area contributed by atoms with Crippen LogP contribution in [-0.4, -0.2) is 22.7 Å². The van der Waals surface area contributed by atoms with E-state index in [1.807, 2.05) is 54.7 Å². The molecule has 140 valence electrons. The van der Waals surface area contributed by atoms with Gasteiger partial charge in [-0.25, -0.2) is 9.59 Å². The van der Waals surface area contributed by atoms with Crippen molar-refractivity contribution in [3.8, 4) is 11.1 Å². The first kappa shape index (κ1) is 17.7. The summed E-state index contributed by atoms with van der Waals surface area (Å²) in [6, 6.07) is 17.6. The zero-order valence-electron chi connectivity index (χ0n) is 15.4. The molecule has 1 aliphatic rings. The number of cyclic esters (lactones) is 2. The molecule has 0 aliphatic carbocycles. The topological polar surface area (TPSA) is 77.5 Å². The van der Waals surface area contributed by atoms with Crippen molar-refractivity contribution in [1.29, 1.82) is 0 Å². The number of carbonyl (C=O) groups is 2. The molecule has 1 fully saturated rings. The van der Waals surface area contributed by atoms with E-state index < -0.39 is 17.7 Å². The number of benzene rings is 2. The number of pyridine rings is 1. The second-order valence-electron chi connectivity index (χ2n) is 6.88. The van der Waals surface area contributed by atoms with Crippen molar-refractivity contribution in [1.82, 2.24) is 4.98 Å². The lowest BCUT2D eigenvalue weighted by Crippen LogP contribution is -2.42.